The molecule has 3 aromatic carbocycles. The van der Waals surface area contributed by atoms with E-state index in [0.29, 0.717) is 61.4 Å². The van der Waals surface area contributed by atoms with Gasteiger partial charge in [-0.15, -0.1) is 0 Å². The Balaban J connectivity index is 1.40. The Labute approximate surface area is 251 Å². The Bertz CT molecular complexity index is 1690. The molecule has 0 radical (unpaired) electrons. The number of piperazine rings is 1. The molecule has 1 amide bonds. The summed E-state index contributed by atoms with van der Waals surface area (Å²) in [5.41, 5.74) is 3.13. The molecule has 1 saturated heterocycles. The van der Waals surface area contributed by atoms with E-state index in [2.05, 4.69) is 4.90 Å². The largest absolute Gasteiger partial charge is 0.475 e. The minimum Gasteiger partial charge on any atom is -0.475 e. The van der Waals surface area contributed by atoms with Gasteiger partial charge in [-0.3, -0.25) is 4.31 Å². The van der Waals surface area contributed by atoms with Crippen LogP contribution in [0.25, 0.3) is 11.0 Å². The fraction of sp³-hybridized carbons (Fsp3) is 0.312. The molecule has 0 unspecified atom stereocenters. The smallest absolute Gasteiger partial charge is 0.409 e. The summed E-state index contributed by atoms with van der Waals surface area (Å²) in [6.45, 7) is 6.53. The SMILES string of the molecule is CCCOC(=O)N1CCN(c2ccc(N(CCc3ccccc3)S(=O)(=O)c3ccc4oc(C(=O)O)c(C)c4c3)cc2)CC1. The molecule has 226 valence electrons. The first kappa shape index (κ1) is 30.0. The average Bonchev–Trinajstić information content (AvgIpc) is 3.36. The van der Waals surface area contributed by atoms with Crippen LogP contribution in [0.5, 0.6) is 0 Å². The van der Waals surface area contributed by atoms with E-state index in [1.54, 1.807) is 24.0 Å². The number of carboxylic acids is 1. The summed E-state index contributed by atoms with van der Waals surface area (Å²) in [7, 11) is -4.03. The number of aryl methyl sites for hydroxylation is 1. The molecule has 43 heavy (non-hydrogen) atoms. The van der Waals surface area contributed by atoms with Crippen molar-refractivity contribution in [2.75, 3.05) is 48.5 Å². The van der Waals surface area contributed by atoms with Crippen LogP contribution in [0.15, 0.2) is 82.1 Å². The molecule has 11 heteroatoms. The highest BCUT2D eigenvalue weighted by Crippen LogP contribution is 2.32. The number of carboxylic acid groups (broad SMARTS) is 1. The van der Waals surface area contributed by atoms with E-state index in [1.807, 2.05) is 49.4 Å². The van der Waals surface area contributed by atoms with E-state index in [0.717, 1.165) is 17.7 Å². The van der Waals surface area contributed by atoms with Crippen molar-refractivity contribution in [2.45, 2.75) is 31.6 Å². The van der Waals surface area contributed by atoms with Crippen molar-refractivity contribution in [1.82, 2.24) is 4.90 Å². The summed E-state index contributed by atoms with van der Waals surface area (Å²) < 4.78 is 40.3. The van der Waals surface area contributed by atoms with E-state index < -0.39 is 16.0 Å². The van der Waals surface area contributed by atoms with Crippen LogP contribution in [-0.2, 0) is 21.2 Å². The number of nitrogens with zero attached hydrogens (tertiary/aromatic N) is 3. The minimum absolute atomic E-state index is 0.0454. The monoisotopic (exact) mass is 605 g/mol. The van der Waals surface area contributed by atoms with E-state index in [9.17, 15) is 23.1 Å². The predicted octanol–water partition coefficient (Wildman–Crippen LogP) is 5.55. The second-order valence-corrected chi connectivity index (χ2v) is 12.3. The van der Waals surface area contributed by atoms with E-state index in [4.69, 9.17) is 9.15 Å². The fourth-order valence-corrected chi connectivity index (χ4v) is 6.70. The Morgan fingerprint density at radius 1 is 0.977 bits per heavy atom. The summed E-state index contributed by atoms with van der Waals surface area (Å²) in [5, 5.41) is 9.89. The van der Waals surface area contributed by atoms with Crippen LogP contribution in [0, 0.1) is 6.92 Å². The lowest BCUT2D eigenvalue weighted by molar-refractivity contribution is 0.0663. The van der Waals surface area contributed by atoms with Crippen molar-refractivity contribution in [2.24, 2.45) is 0 Å². The van der Waals surface area contributed by atoms with Gasteiger partial charge in [0.2, 0.25) is 5.76 Å². The number of hydrogen-bond acceptors (Lipinski definition) is 7. The summed E-state index contributed by atoms with van der Waals surface area (Å²) in [6.07, 6.45) is 0.979. The van der Waals surface area contributed by atoms with Gasteiger partial charge in [0.1, 0.15) is 5.58 Å². The maximum Gasteiger partial charge on any atom is 0.409 e. The lowest BCUT2D eigenvalue weighted by Crippen LogP contribution is -2.49. The zero-order valence-corrected chi connectivity index (χ0v) is 25.0. The molecule has 1 aliphatic rings. The molecule has 10 nitrogen and oxygen atoms in total. The lowest BCUT2D eigenvalue weighted by Gasteiger charge is -2.35. The number of furan rings is 1. The van der Waals surface area contributed by atoms with Gasteiger partial charge in [0.25, 0.3) is 10.0 Å². The van der Waals surface area contributed by atoms with Gasteiger partial charge in [0.05, 0.1) is 17.2 Å². The Morgan fingerprint density at radius 3 is 2.33 bits per heavy atom. The van der Waals surface area contributed by atoms with E-state index >= 15 is 0 Å². The van der Waals surface area contributed by atoms with Crippen molar-refractivity contribution < 1.29 is 32.3 Å². The van der Waals surface area contributed by atoms with Gasteiger partial charge in [0.15, 0.2) is 0 Å². The number of hydrogen-bond donors (Lipinski definition) is 1. The maximum atomic E-state index is 14.1. The topological polar surface area (TPSA) is 121 Å². The highest BCUT2D eigenvalue weighted by atomic mass is 32.2. The lowest BCUT2D eigenvalue weighted by atomic mass is 10.1. The number of sulfonamides is 1. The van der Waals surface area contributed by atoms with Crippen LogP contribution in [0.4, 0.5) is 16.2 Å². The van der Waals surface area contributed by atoms with Gasteiger partial charge in [-0.25, -0.2) is 18.0 Å². The normalized spacial score (nSPS) is 13.7. The molecule has 0 atom stereocenters. The van der Waals surface area contributed by atoms with Gasteiger partial charge in [-0.05, 0) is 67.8 Å². The molecule has 0 bridgehead atoms. The third-order valence-corrected chi connectivity index (χ3v) is 9.43. The first-order valence-electron chi connectivity index (χ1n) is 14.3. The van der Waals surface area contributed by atoms with Crippen molar-refractivity contribution in [1.29, 1.82) is 0 Å². The number of fused-ring (bicyclic) bond motifs is 1. The zero-order valence-electron chi connectivity index (χ0n) is 24.2. The van der Waals surface area contributed by atoms with Crippen molar-refractivity contribution in [3.05, 3.63) is 89.7 Å². The second kappa shape index (κ2) is 12.8. The molecule has 5 rings (SSSR count). The van der Waals surface area contributed by atoms with Crippen molar-refractivity contribution in [3.63, 3.8) is 0 Å². The number of aromatic carboxylic acids is 1. The Morgan fingerprint density at radius 2 is 1.67 bits per heavy atom. The standard InChI is InChI=1S/C32H35N3O7S/c1-3-21-41-32(38)34-19-17-33(18-20-34)25-9-11-26(12-10-25)35(16-15-24-7-5-4-6-8-24)43(39,40)27-13-14-29-28(22-27)23(2)30(42-29)31(36)37/h4-14,22H,3,15-21H2,1-2H3,(H,36,37). The maximum absolute atomic E-state index is 14.1. The molecule has 1 aromatic heterocycles. The minimum atomic E-state index is -4.03. The van der Waals surface area contributed by atoms with Gasteiger partial charge < -0.3 is 24.1 Å². The molecule has 1 fully saturated rings. The molecule has 2 heterocycles. The number of carbonyl (C=O) groups excluding carboxylic acids is 1. The highest BCUT2D eigenvalue weighted by Gasteiger charge is 2.28. The van der Waals surface area contributed by atoms with Crippen LogP contribution in [0.2, 0.25) is 0 Å². The fourth-order valence-electron chi connectivity index (χ4n) is 5.21. The molecule has 4 aromatic rings. The van der Waals surface area contributed by atoms with Crippen molar-refractivity contribution in [3.8, 4) is 0 Å². The highest BCUT2D eigenvalue weighted by molar-refractivity contribution is 7.92. The third-order valence-electron chi connectivity index (χ3n) is 7.61. The summed E-state index contributed by atoms with van der Waals surface area (Å²) >= 11 is 0. The molecular formula is C32H35N3O7S. The molecule has 0 spiro atoms. The van der Waals surface area contributed by atoms with Crippen LogP contribution in [0.3, 0.4) is 0 Å². The Hall–Kier alpha value is -4.51. The van der Waals surface area contributed by atoms with Crippen molar-refractivity contribution >= 4 is 44.4 Å². The number of ether oxygens (including phenoxy) is 1. The number of benzene rings is 3. The molecule has 1 N–H and O–H groups in total. The third kappa shape index (κ3) is 6.46. The summed E-state index contributed by atoms with van der Waals surface area (Å²) in [6, 6.07) is 21.5. The Kier molecular flexibility index (Phi) is 8.91. The van der Waals surface area contributed by atoms with Crippen LogP contribution in [0.1, 0.15) is 35.0 Å². The van der Waals surface area contributed by atoms with Gasteiger partial charge >= 0.3 is 12.1 Å². The van der Waals surface area contributed by atoms with Gasteiger partial charge in [-0.1, -0.05) is 37.3 Å². The summed E-state index contributed by atoms with van der Waals surface area (Å²) in [4.78, 5) is 27.7. The number of rotatable bonds is 10. The summed E-state index contributed by atoms with van der Waals surface area (Å²) in [5.74, 6) is -1.42. The molecule has 1 aliphatic heterocycles. The van der Waals surface area contributed by atoms with Gasteiger partial charge in [-0.2, -0.15) is 0 Å². The number of anilines is 2. The second-order valence-electron chi connectivity index (χ2n) is 10.4. The van der Waals surface area contributed by atoms with Crippen LogP contribution >= 0.6 is 0 Å². The molecule has 0 saturated carbocycles. The van der Waals surface area contributed by atoms with E-state index in [1.165, 1.54) is 22.5 Å². The first-order valence-corrected chi connectivity index (χ1v) is 15.7. The zero-order chi connectivity index (χ0) is 30.6. The van der Waals surface area contributed by atoms with E-state index in [-0.39, 0.29) is 23.3 Å². The molecular weight excluding hydrogens is 570 g/mol. The van der Waals surface area contributed by atoms with Crippen LogP contribution < -0.4 is 9.21 Å². The molecule has 0 aliphatic carbocycles. The first-order chi connectivity index (χ1) is 20.7. The van der Waals surface area contributed by atoms with Gasteiger partial charge in [0, 0.05) is 49.4 Å². The quantitative estimate of drug-likeness (QED) is 0.250. The number of amides is 1. The average molecular weight is 606 g/mol. The van der Waals surface area contributed by atoms with Crippen LogP contribution in [-0.4, -0.2) is 69.8 Å². The number of carbonyl (C=O) groups is 2. The predicted molar refractivity (Wildman–Crippen MR) is 164 cm³/mol.